The average molecular weight is 489 g/mol. The van der Waals surface area contributed by atoms with Crippen LogP contribution in [0.15, 0.2) is 53.0 Å². The number of amides is 2. The van der Waals surface area contributed by atoms with E-state index >= 15 is 0 Å². The number of methoxy groups -OCH3 is 3. The van der Waals surface area contributed by atoms with Crippen LogP contribution in [0.2, 0.25) is 0 Å². The number of hydrogen-bond donors (Lipinski definition) is 2. The first kappa shape index (κ1) is 22.2. The van der Waals surface area contributed by atoms with Crippen LogP contribution in [0.5, 0.6) is 23.0 Å². The quantitative estimate of drug-likeness (QED) is 0.494. The van der Waals surface area contributed by atoms with E-state index < -0.39 is 11.8 Å². The zero-order valence-corrected chi connectivity index (χ0v) is 18.7. The molecular formula is C22H21BrN2O6. The monoisotopic (exact) mass is 488 g/mol. The molecule has 0 aliphatic rings. The molecule has 0 atom stereocenters. The van der Waals surface area contributed by atoms with Crippen LogP contribution in [-0.4, -0.2) is 39.8 Å². The summed E-state index contributed by atoms with van der Waals surface area (Å²) in [5, 5.41) is 2.01. The van der Waals surface area contributed by atoms with Crippen LogP contribution in [0.3, 0.4) is 0 Å². The summed E-state index contributed by atoms with van der Waals surface area (Å²) in [4.78, 5) is 24.6. The van der Waals surface area contributed by atoms with Gasteiger partial charge < -0.3 is 18.9 Å². The molecule has 8 nitrogen and oxygen atoms in total. The summed E-state index contributed by atoms with van der Waals surface area (Å²) in [5.74, 6) is 0.440. The van der Waals surface area contributed by atoms with Crippen LogP contribution < -0.4 is 29.8 Å². The van der Waals surface area contributed by atoms with E-state index in [1.165, 1.54) is 33.5 Å². The second kappa shape index (κ2) is 10.0. The SMILES string of the molecule is COc1cc(C(=O)NNC(=O)COc2ccc3ccccc3c2Br)cc(OC)c1OC. The van der Waals surface area contributed by atoms with E-state index in [4.69, 9.17) is 18.9 Å². The fourth-order valence-electron chi connectivity index (χ4n) is 2.92. The van der Waals surface area contributed by atoms with Gasteiger partial charge in [-0.05, 0) is 44.9 Å². The Labute approximate surface area is 187 Å². The summed E-state index contributed by atoms with van der Waals surface area (Å²) in [6.07, 6.45) is 0. The molecule has 0 radical (unpaired) electrons. The van der Waals surface area contributed by atoms with E-state index in [1.807, 2.05) is 30.3 Å². The minimum atomic E-state index is -0.556. The largest absolute Gasteiger partial charge is 0.493 e. The molecule has 2 N–H and O–H groups in total. The molecule has 2 amide bonds. The van der Waals surface area contributed by atoms with Gasteiger partial charge in [-0.25, -0.2) is 0 Å². The minimum Gasteiger partial charge on any atom is -0.493 e. The van der Waals surface area contributed by atoms with Crippen LogP contribution in [0.4, 0.5) is 0 Å². The summed E-state index contributed by atoms with van der Waals surface area (Å²) < 4.78 is 22.0. The number of rotatable bonds is 7. The summed E-state index contributed by atoms with van der Waals surface area (Å²) >= 11 is 3.50. The molecule has 3 rings (SSSR count). The molecule has 0 saturated carbocycles. The number of hydrogen-bond acceptors (Lipinski definition) is 6. The summed E-state index contributed by atoms with van der Waals surface area (Å²) in [5.41, 5.74) is 4.87. The Morgan fingerprint density at radius 3 is 2.19 bits per heavy atom. The van der Waals surface area contributed by atoms with Gasteiger partial charge in [0.25, 0.3) is 11.8 Å². The summed E-state index contributed by atoms with van der Waals surface area (Å²) in [6.45, 7) is -0.285. The van der Waals surface area contributed by atoms with Gasteiger partial charge >= 0.3 is 0 Å². The Bertz CT molecular complexity index is 1090. The van der Waals surface area contributed by atoms with E-state index in [-0.39, 0.29) is 12.2 Å². The normalized spacial score (nSPS) is 10.3. The van der Waals surface area contributed by atoms with Gasteiger partial charge in [0.15, 0.2) is 18.1 Å². The van der Waals surface area contributed by atoms with Crippen LogP contribution in [-0.2, 0) is 4.79 Å². The number of carbonyl (C=O) groups is 2. The number of carbonyl (C=O) groups excluding carboxylic acids is 2. The molecule has 0 fully saturated rings. The lowest BCUT2D eigenvalue weighted by atomic mass is 10.1. The van der Waals surface area contributed by atoms with E-state index in [2.05, 4.69) is 26.8 Å². The molecule has 0 unspecified atom stereocenters. The van der Waals surface area contributed by atoms with Crippen molar-refractivity contribution in [3.05, 3.63) is 58.6 Å². The highest BCUT2D eigenvalue weighted by molar-refractivity contribution is 9.10. The smallest absolute Gasteiger partial charge is 0.276 e. The maximum Gasteiger partial charge on any atom is 0.276 e. The van der Waals surface area contributed by atoms with E-state index in [0.717, 1.165) is 15.2 Å². The van der Waals surface area contributed by atoms with Gasteiger partial charge in [-0.3, -0.25) is 20.4 Å². The third kappa shape index (κ3) is 5.00. The van der Waals surface area contributed by atoms with Gasteiger partial charge in [-0.2, -0.15) is 0 Å². The Kier molecular flexibility index (Phi) is 7.19. The Morgan fingerprint density at radius 1 is 0.871 bits per heavy atom. The van der Waals surface area contributed by atoms with Gasteiger partial charge in [0.1, 0.15) is 5.75 Å². The number of fused-ring (bicyclic) bond motifs is 1. The second-order valence-electron chi connectivity index (χ2n) is 6.30. The first-order valence-electron chi connectivity index (χ1n) is 9.17. The number of benzene rings is 3. The molecule has 31 heavy (non-hydrogen) atoms. The molecule has 9 heteroatoms. The lowest BCUT2D eigenvalue weighted by molar-refractivity contribution is -0.123. The van der Waals surface area contributed by atoms with Crippen LogP contribution >= 0.6 is 15.9 Å². The molecule has 3 aromatic carbocycles. The third-order valence-electron chi connectivity index (χ3n) is 4.43. The van der Waals surface area contributed by atoms with E-state index in [1.54, 1.807) is 6.07 Å². The lowest BCUT2D eigenvalue weighted by Crippen LogP contribution is -2.43. The highest BCUT2D eigenvalue weighted by atomic mass is 79.9. The van der Waals surface area contributed by atoms with Gasteiger partial charge in [0.05, 0.1) is 25.8 Å². The van der Waals surface area contributed by atoms with Crippen molar-refractivity contribution in [1.29, 1.82) is 0 Å². The minimum absolute atomic E-state index is 0.216. The first-order valence-corrected chi connectivity index (χ1v) is 9.97. The molecule has 0 heterocycles. The zero-order valence-electron chi connectivity index (χ0n) is 17.2. The zero-order chi connectivity index (χ0) is 22.4. The number of nitrogens with one attached hydrogen (secondary N) is 2. The Balaban J connectivity index is 1.61. The molecule has 0 aliphatic carbocycles. The van der Waals surface area contributed by atoms with Crippen molar-refractivity contribution < 1.29 is 28.5 Å². The van der Waals surface area contributed by atoms with Crippen molar-refractivity contribution in [3.63, 3.8) is 0 Å². The molecule has 3 aromatic rings. The molecule has 0 spiro atoms. The third-order valence-corrected chi connectivity index (χ3v) is 5.25. The van der Waals surface area contributed by atoms with Crippen molar-refractivity contribution in [3.8, 4) is 23.0 Å². The van der Waals surface area contributed by atoms with Crippen LogP contribution in [0.1, 0.15) is 10.4 Å². The standard InChI is InChI=1S/C22H21BrN2O6/c1-28-17-10-14(11-18(29-2)21(17)30-3)22(27)25-24-19(26)12-31-16-9-8-13-6-4-5-7-15(13)20(16)23/h4-11H,12H2,1-3H3,(H,24,26)(H,25,27). The van der Waals surface area contributed by atoms with E-state index in [9.17, 15) is 9.59 Å². The van der Waals surface area contributed by atoms with Gasteiger partial charge in [0, 0.05) is 5.56 Å². The predicted molar refractivity (Wildman–Crippen MR) is 119 cm³/mol. The number of ether oxygens (including phenoxy) is 4. The number of hydrazine groups is 1. The molecule has 0 saturated heterocycles. The fraction of sp³-hybridized carbons (Fsp3) is 0.182. The molecule has 0 aliphatic heterocycles. The fourth-order valence-corrected chi connectivity index (χ4v) is 3.52. The van der Waals surface area contributed by atoms with Gasteiger partial charge in [-0.15, -0.1) is 0 Å². The Hall–Kier alpha value is -3.46. The average Bonchev–Trinajstić information content (AvgIpc) is 2.81. The Morgan fingerprint density at radius 2 is 1.55 bits per heavy atom. The van der Waals surface area contributed by atoms with Crippen LogP contribution in [0.25, 0.3) is 10.8 Å². The maximum absolute atomic E-state index is 12.4. The van der Waals surface area contributed by atoms with Crippen molar-refractivity contribution in [2.75, 3.05) is 27.9 Å². The molecule has 0 aromatic heterocycles. The first-order chi connectivity index (χ1) is 15.0. The van der Waals surface area contributed by atoms with Gasteiger partial charge in [-0.1, -0.05) is 30.3 Å². The van der Waals surface area contributed by atoms with Crippen LogP contribution in [0, 0.1) is 0 Å². The highest BCUT2D eigenvalue weighted by Crippen LogP contribution is 2.38. The van der Waals surface area contributed by atoms with Crippen molar-refractivity contribution in [1.82, 2.24) is 10.9 Å². The number of halogens is 1. The molecule has 0 bridgehead atoms. The van der Waals surface area contributed by atoms with E-state index in [0.29, 0.717) is 23.0 Å². The summed E-state index contributed by atoms with van der Waals surface area (Å²) in [7, 11) is 4.36. The lowest BCUT2D eigenvalue weighted by Gasteiger charge is -2.14. The van der Waals surface area contributed by atoms with Crippen molar-refractivity contribution in [2.24, 2.45) is 0 Å². The van der Waals surface area contributed by atoms with Crippen molar-refractivity contribution in [2.45, 2.75) is 0 Å². The van der Waals surface area contributed by atoms with Gasteiger partial charge in [0.2, 0.25) is 5.75 Å². The van der Waals surface area contributed by atoms with Crippen molar-refractivity contribution >= 4 is 38.5 Å². The second-order valence-corrected chi connectivity index (χ2v) is 7.10. The summed E-state index contributed by atoms with van der Waals surface area (Å²) in [6, 6.07) is 14.4. The molecule has 162 valence electrons. The molecular weight excluding hydrogens is 468 g/mol. The topological polar surface area (TPSA) is 95.1 Å². The predicted octanol–water partition coefficient (Wildman–Crippen LogP) is 3.47. The highest BCUT2D eigenvalue weighted by Gasteiger charge is 2.17. The maximum atomic E-state index is 12.4.